The summed E-state index contributed by atoms with van der Waals surface area (Å²) in [6.45, 7) is 3.91. The fourth-order valence-electron chi connectivity index (χ4n) is 3.70. The highest BCUT2D eigenvalue weighted by molar-refractivity contribution is 5.29. The molecular formula is C17H25F2N. The van der Waals surface area contributed by atoms with Crippen LogP contribution < -0.4 is 5.32 Å². The molecule has 1 aliphatic carbocycles. The second kappa shape index (κ2) is 6.66. The molecule has 0 aliphatic heterocycles. The van der Waals surface area contributed by atoms with Crippen molar-refractivity contribution in [3.05, 3.63) is 34.9 Å². The first-order chi connectivity index (χ1) is 9.58. The van der Waals surface area contributed by atoms with E-state index in [1.807, 2.05) is 7.05 Å². The molecule has 0 spiro atoms. The van der Waals surface area contributed by atoms with Crippen LogP contribution in [-0.4, -0.2) is 7.05 Å². The Morgan fingerprint density at radius 1 is 1.20 bits per heavy atom. The average molecular weight is 281 g/mol. The molecule has 0 bridgehead atoms. The Bertz CT molecular complexity index is 459. The third kappa shape index (κ3) is 3.03. The van der Waals surface area contributed by atoms with Gasteiger partial charge >= 0.3 is 0 Å². The van der Waals surface area contributed by atoms with Crippen LogP contribution in [0.4, 0.5) is 8.78 Å². The summed E-state index contributed by atoms with van der Waals surface area (Å²) in [5.41, 5.74) is 1.14. The van der Waals surface area contributed by atoms with E-state index in [-0.39, 0.29) is 6.04 Å². The first-order valence-corrected chi connectivity index (χ1v) is 7.71. The zero-order valence-electron chi connectivity index (χ0n) is 12.7. The van der Waals surface area contributed by atoms with Crippen molar-refractivity contribution in [3.8, 4) is 0 Å². The molecule has 112 valence electrons. The Balaban J connectivity index is 2.33. The van der Waals surface area contributed by atoms with Crippen LogP contribution in [-0.2, 0) is 0 Å². The Hall–Kier alpha value is -0.960. The number of rotatable bonds is 4. The van der Waals surface area contributed by atoms with Crippen LogP contribution in [0.3, 0.4) is 0 Å². The summed E-state index contributed by atoms with van der Waals surface area (Å²) in [7, 11) is 1.88. The minimum Gasteiger partial charge on any atom is -0.313 e. The lowest BCUT2D eigenvalue weighted by atomic mass is 9.72. The summed E-state index contributed by atoms with van der Waals surface area (Å²) in [5, 5.41) is 3.28. The van der Waals surface area contributed by atoms with E-state index in [4.69, 9.17) is 0 Å². The summed E-state index contributed by atoms with van der Waals surface area (Å²) in [4.78, 5) is 0. The van der Waals surface area contributed by atoms with Gasteiger partial charge < -0.3 is 5.32 Å². The highest BCUT2D eigenvalue weighted by Crippen LogP contribution is 2.41. The largest absolute Gasteiger partial charge is 0.313 e. The molecule has 0 radical (unpaired) electrons. The molecule has 1 N–H and O–H groups in total. The molecule has 0 saturated heterocycles. The van der Waals surface area contributed by atoms with Crippen LogP contribution in [0.2, 0.25) is 0 Å². The molecule has 20 heavy (non-hydrogen) atoms. The van der Waals surface area contributed by atoms with E-state index in [2.05, 4.69) is 12.2 Å². The molecule has 0 heterocycles. The number of aryl methyl sites for hydroxylation is 1. The predicted octanol–water partition coefficient (Wildman–Crippen LogP) is 4.75. The molecule has 1 nitrogen and oxygen atoms in total. The molecular weight excluding hydrogens is 256 g/mol. The molecule has 1 aromatic carbocycles. The van der Waals surface area contributed by atoms with Crippen molar-refractivity contribution in [1.29, 1.82) is 0 Å². The molecule has 1 fully saturated rings. The zero-order chi connectivity index (χ0) is 14.7. The molecule has 3 unspecified atom stereocenters. The maximum Gasteiger partial charge on any atom is 0.130 e. The Morgan fingerprint density at radius 3 is 2.55 bits per heavy atom. The van der Waals surface area contributed by atoms with Gasteiger partial charge in [0.05, 0.1) is 0 Å². The first-order valence-electron chi connectivity index (χ1n) is 7.71. The average Bonchev–Trinajstić information content (AvgIpc) is 2.45. The number of halogens is 2. The van der Waals surface area contributed by atoms with Crippen LogP contribution >= 0.6 is 0 Å². The molecule has 0 amide bonds. The van der Waals surface area contributed by atoms with Crippen LogP contribution in [0.15, 0.2) is 12.1 Å². The first kappa shape index (κ1) is 15.4. The molecule has 0 aromatic heterocycles. The number of benzene rings is 1. The van der Waals surface area contributed by atoms with Gasteiger partial charge in [-0.05, 0) is 43.9 Å². The number of hydrogen-bond donors (Lipinski definition) is 1. The summed E-state index contributed by atoms with van der Waals surface area (Å²) in [5.74, 6) is 0.189. The Kier molecular flexibility index (Phi) is 5.14. The third-order valence-corrected chi connectivity index (χ3v) is 4.84. The van der Waals surface area contributed by atoms with Crippen molar-refractivity contribution in [2.24, 2.45) is 11.8 Å². The molecule has 3 atom stereocenters. The van der Waals surface area contributed by atoms with Crippen molar-refractivity contribution in [1.82, 2.24) is 5.32 Å². The van der Waals surface area contributed by atoms with Gasteiger partial charge in [0.15, 0.2) is 0 Å². The molecule has 2 rings (SSSR count). The van der Waals surface area contributed by atoms with E-state index in [1.54, 1.807) is 13.0 Å². The second-order valence-corrected chi connectivity index (χ2v) is 6.01. The van der Waals surface area contributed by atoms with Gasteiger partial charge in [0, 0.05) is 17.7 Å². The molecule has 1 aliphatic rings. The summed E-state index contributed by atoms with van der Waals surface area (Å²) in [6, 6.07) is 2.69. The van der Waals surface area contributed by atoms with Gasteiger partial charge in [0.25, 0.3) is 0 Å². The standard InChI is InChI=1S/C17H25F2N/c1-4-12-7-5-6-8-13(12)17(20-3)14-9-11(2)15(18)10-16(14)19/h9-10,12-13,17,20H,4-8H2,1-3H3. The van der Waals surface area contributed by atoms with E-state index in [1.165, 1.54) is 19.3 Å². The molecule has 1 aromatic rings. The van der Waals surface area contributed by atoms with Crippen LogP contribution in [0, 0.1) is 30.4 Å². The lowest BCUT2D eigenvalue weighted by Gasteiger charge is -2.37. The van der Waals surface area contributed by atoms with Gasteiger partial charge in [0.2, 0.25) is 0 Å². The van der Waals surface area contributed by atoms with Gasteiger partial charge in [-0.2, -0.15) is 0 Å². The van der Waals surface area contributed by atoms with Crippen LogP contribution in [0.5, 0.6) is 0 Å². The SMILES string of the molecule is CCC1CCCCC1C(NC)c1cc(C)c(F)cc1F. The fraction of sp³-hybridized carbons (Fsp3) is 0.647. The van der Waals surface area contributed by atoms with Crippen molar-refractivity contribution >= 4 is 0 Å². The zero-order valence-corrected chi connectivity index (χ0v) is 12.7. The van der Waals surface area contributed by atoms with Crippen molar-refractivity contribution in [3.63, 3.8) is 0 Å². The Morgan fingerprint density at radius 2 is 1.90 bits per heavy atom. The highest BCUT2D eigenvalue weighted by Gasteiger charge is 2.32. The van der Waals surface area contributed by atoms with E-state index in [9.17, 15) is 8.78 Å². The van der Waals surface area contributed by atoms with Crippen molar-refractivity contribution in [2.45, 2.75) is 52.0 Å². The van der Waals surface area contributed by atoms with E-state index in [0.29, 0.717) is 23.0 Å². The van der Waals surface area contributed by atoms with Crippen LogP contribution in [0.1, 0.15) is 56.2 Å². The quantitative estimate of drug-likeness (QED) is 0.839. The normalized spacial score (nSPS) is 24.6. The summed E-state index contributed by atoms with van der Waals surface area (Å²) in [6.07, 6.45) is 5.96. The van der Waals surface area contributed by atoms with Crippen molar-refractivity contribution in [2.75, 3.05) is 7.05 Å². The van der Waals surface area contributed by atoms with Gasteiger partial charge in [-0.15, -0.1) is 0 Å². The number of nitrogens with one attached hydrogen (secondary N) is 1. The topological polar surface area (TPSA) is 12.0 Å². The van der Waals surface area contributed by atoms with Gasteiger partial charge in [-0.1, -0.05) is 32.6 Å². The fourth-order valence-corrected chi connectivity index (χ4v) is 3.70. The number of hydrogen-bond acceptors (Lipinski definition) is 1. The maximum absolute atomic E-state index is 14.2. The Labute approximate surface area is 120 Å². The smallest absolute Gasteiger partial charge is 0.130 e. The highest BCUT2D eigenvalue weighted by atomic mass is 19.1. The van der Waals surface area contributed by atoms with Gasteiger partial charge in [-0.25, -0.2) is 8.78 Å². The monoisotopic (exact) mass is 281 g/mol. The lowest BCUT2D eigenvalue weighted by molar-refractivity contribution is 0.178. The van der Waals surface area contributed by atoms with E-state index >= 15 is 0 Å². The second-order valence-electron chi connectivity index (χ2n) is 6.01. The minimum atomic E-state index is -0.461. The van der Waals surface area contributed by atoms with E-state index in [0.717, 1.165) is 18.9 Å². The summed E-state index contributed by atoms with van der Waals surface area (Å²) < 4.78 is 27.6. The molecule has 3 heteroatoms. The molecule has 1 saturated carbocycles. The minimum absolute atomic E-state index is 0.0143. The predicted molar refractivity (Wildman–Crippen MR) is 78.6 cm³/mol. The van der Waals surface area contributed by atoms with E-state index < -0.39 is 11.6 Å². The van der Waals surface area contributed by atoms with Crippen LogP contribution in [0.25, 0.3) is 0 Å². The third-order valence-electron chi connectivity index (χ3n) is 4.84. The van der Waals surface area contributed by atoms with Crippen molar-refractivity contribution < 1.29 is 8.78 Å². The summed E-state index contributed by atoms with van der Waals surface area (Å²) >= 11 is 0. The lowest BCUT2D eigenvalue weighted by Crippen LogP contribution is -2.33. The maximum atomic E-state index is 14.2. The van der Waals surface area contributed by atoms with Gasteiger partial charge in [-0.3, -0.25) is 0 Å². The van der Waals surface area contributed by atoms with Gasteiger partial charge in [0.1, 0.15) is 11.6 Å².